The molecule has 0 fully saturated rings. The van der Waals surface area contributed by atoms with Gasteiger partial charge in [0.2, 0.25) is 5.91 Å². The van der Waals surface area contributed by atoms with Crippen LogP contribution in [-0.2, 0) is 11.8 Å². The SMILES string of the molecule is Cc1occc1-c1nnc(SC(C)C(=O)Nc2nc(-c3ccccc3)cs2)n1C. The summed E-state index contributed by atoms with van der Waals surface area (Å²) in [6, 6.07) is 11.7. The van der Waals surface area contributed by atoms with Gasteiger partial charge in [0.15, 0.2) is 16.1 Å². The van der Waals surface area contributed by atoms with Crippen molar-refractivity contribution in [3.63, 3.8) is 0 Å². The van der Waals surface area contributed by atoms with Crippen molar-refractivity contribution in [2.24, 2.45) is 7.05 Å². The number of rotatable bonds is 6. The van der Waals surface area contributed by atoms with E-state index in [4.69, 9.17) is 4.42 Å². The van der Waals surface area contributed by atoms with E-state index in [9.17, 15) is 4.79 Å². The Labute approximate surface area is 176 Å². The lowest BCUT2D eigenvalue weighted by Gasteiger charge is -2.10. The summed E-state index contributed by atoms with van der Waals surface area (Å²) < 4.78 is 7.21. The first-order chi connectivity index (χ1) is 14.0. The van der Waals surface area contributed by atoms with E-state index in [1.807, 2.05) is 67.2 Å². The van der Waals surface area contributed by atoms with Crippen molar-refractivity contribution < 1.29 is 9.21 Å². The molecule has 0 radical (unpaired) electrons. The Morgan fingerprint density at radius 1 is 1.24 bits per heavy atom. The monoisotopic (exact) mass is 425 g/mol. The molecule has 1 unspecified atom stereocenters. The first kappa shape index (κ1) is 19.4. The van der Waals surface area contributed by atoms with Crippen molar-refractivity contribution in [2.45, 2.75) is 24.3 Å². The van der Waals surface area contributed by atoms with Crippen LogP contribution in [0, 0.1) is 6.92 Å². The standard InChI is InChI=1S/C20H19N5O2S2/c1-12-15(9-10-27-12)17-23-24-20(25(17)3)29-13(2)18(26)22-19-21-16(11-28-19)14-7-5-4-6-8-14/h4-11,13H,1-3H3,(H,21,22,26). The molecule has 9 heteroatoms. The molecule has 0 aliphatic rings. The molecule has 148 valence electrons. The fourth-order valence-electron chi connectivity index (χ4n) is 2.76. The lowest BCUT2D eigenvalue weighted by Crippen LogP contribution is -2.22. The number of amides is 1. The zero-order valence-electron chi connectivity index (χ0n) is 16.1. The number of furan rings is 1. The van der Waals surface area contributed by atoms with Crippen molar-refractivity contribution in [1.29, 1.82) is 0 Å². The number of nitrogens with zero attached hydrogens (tertiary/aromatic N) is 4. The van der Waals surface area contributed by atoms with Crippen LogP contribution < -0.4 is 5.32 Å². The number of carbonyl (C=O) groups excluding carboxylic acids is 1. The normalized spacial score (nSPS) is 12.1. The molecule has 0 bridgehead atoms. The second-order valence-corrected chi connectivity index (χ2v) is 8.57. The summed E-state index contributed by atoms with van der Waals surface area (Å²) in [6.45, 7) is 3.72. The predicted octanol–water partition coefficient (Wildman–Crippen LogP) is 4.63. The van der Waals surface area contributed by atoms with Crippen LogP contribution >= 0.6 is 23.1 Å². The minimum Gasteiger partial charge on any atom is -0.469 e. The van der Waals surface area contributed by atoms with Gasteiger partial charge in [0, 0.05) is 18.0 Å². The summed E-state index contributed by atoms with van der Waals surface area (Å²) in [6.07, 6.45) is 1.62. The highest BCUT2D eigenvalue weighted by atomic mass is 32.2. The fourth-order valence-corrected chi connectivity index (χ4v) is 4.30. The lowest BCUT2D eigenvalue weighted by atomic mass is 10.2. The van der Waals surface area contributed by atoms with Gasteiger partial charge >= 0.3 is 0 Å². The molecule has 0 saturated carbocycles. The van der Waals surface area contributed by atoms with Gasteiger partial charge in [0.25, 0.3) is 0 Å². The number of anilines is 1. The van der Waals surface area contributed by atoms with Gasteiger partial charge in [-0.2, -0.15) is 0 Å². The Morgan fingerprint density at radius 3 is 2.76 bits per heavy atom. The topological polar surface area (TPSA) is 85.8 Å². The predicted molar refractivity (Wildman–Crippen MR) is 115 cm³/mol. The van der Waals surface area contributed by atoms with Crippen LogP contribution in [0.1, 0.15) is 12.7 Å². The molecule has 3 aromatic heterocycles. The van der Waals surface area contributed by atoms with E-state index >= 15 is 0 Å². The third-order valence-corrected chi connectivity index (χ3v) is 6.28. The van der Waals surface area contributed by atoms with Gasteiger partial charge < -0.3 is 14.3 Å². The van der Waals surface area contributed by atoms with E-state index in [-0.39, 0.29) is 11.2 Å². The molecule has 29 heavy (non-hydrogen) atoms. The highest BCUT2D eigenvalue weighted by molar-refractivity contribution is 8.00. The number of carbonyl (C=O) groups is 1. The summed E-state index contributed by atoms with van der Waals surface area (Å²) in [5.41, 5.74) is 2.76. The van der Waals surface area contributed by atoms with Crippen LogP contribution in [0.15, 0.2) is 57.6 Å². The molecule has 4 rings (SSSR count). The van der Waals surface area contributed by atoms with Crippen molar-refractivity contribution >= 4 is 34.1 Å². The molecule has 0 spiro atoms. The maximum atomic E-state index is 12.6. The van der Waals surface area contributed by atoms with E-state index in [0.29, 0.717) is 16.1 Å². The summed E-state index contributed by atoms with van der Waals surface area (Å²) in [5.74, 6) is 1.35. The molecule has 4 aromatic rings. The second kappa shape index (κ2) is 8.22. The number of hydrogen-bond acceptors (Lipinski definition) is 7. The number of aromatic nitrogens is 4. The summed E-state index contributed by atoms with van der Waals surface area (Å²) >= 11 is 2.76. The van der Waals surface area contributed by atoms with Crippen LogP contribution in [0.2, 0.25) is 0 Å². The van der Waals surface area contributed by atoms with Crippen molar-refractivity contribution in [3.8, 4) is 22.6 Å². The van der Waals surface area contributed by atoms with Crippen LogP contribution in [0.3, 0.4) is 0 Å². The summed E-state index contributed by atoms with van der Waals surface area (Å²) in [7, 11) is 1.88. The number of thiazole rings is 1. The zero-order chi connectivity index (χ0) is 20.4. The maximum absolute atomic E-state index is 12.6. The maximum Gasteiger partial charge on any atom is 0.239 e. The van der Waals surface area contributed by atoms with E-state index in [2.05, 4.69) is 20.5 Å². The molecule has 1 atom stereocenters. The average Bonchev–Trinajstić information content (AvgIpc) is 3.44. The van der Waals surface area contributed by atoms with Gasteiger partial charge in [-0.15, -0.1) is 21.5 Å². The zero-order valence-corrected chi connectivity index (χ0v) is 17.8. The highest BCUT2D eigenvalue weighted by Gasteiger charge is 2.21. The van der Waals surface area contributed by atoms with E-state index in [0.717, 1.165) is 22.6 Å². The van der Waals surface area contributed by atoms with Crippen LogP contribution in [0.5, 0.6) is 0 Å². The van der Waals surface area contributed by atoms with E-state index < -0.39 is 0 Å². The number of nitrogens with one attached hydrogen (secondary N) is 1. The van der Waals surface area contributed by atoms with Gasteiger partial charge in [-0.25, -0.2) is 4.98 Å². The van der Waals surface area contributed by atoms with Crippen molar-refractivity contribution in [1.82, 2.24) is 19.7 Å². The molecule has 1 amide bonds. The Kier molecular flexibility index (Phi) is 5.50. The Morgan fingerprint density at radius 2 is 2.03 bits per heavy atom. The number of thioether (sulfide) groups is 1. The van der Waals surface area contributed by atoms with Gasteiger partial charge in [0.1, 0.15) is 5.76 Å². The van der Waals surface area contributed by atoms with Gasteiger partial charge in [-0.1, -0.05) is 42.1 Å². The number of aryl methyl sites for hydroxylation is 1. The Balaban J connectivity index is 1.42. The molecule has 3 heterocycles. The molecule has 0 aliphatic carbocycles. The smallest absolute Gasteiger partial charge is 0.239 e. The lowest BCUT2D eigenvalue weighted by molar-refractivity contribution is -0.115. The largest absolute Gasteiger partial charge is 0.469 e. The second-order valence-electron chi connectivity index (χ2n) is 6.41. The number of benzene rings is 1. The Bertz CT molecular complexity index is 1130. The fraction of sp³-hybridized carbons (Fsp3) is 0.200. The Hall–Kier alpha value is -2.91. The molecule has 1 N–H and O–H groups in total. The average molecular weight is 426 g/mol. The van der Waals surface area contributed by atoms with Gasteiger partial charge in [-0.05, 0) is 19.9 Å². The molecule has 0 saturated heterocycles. The molecule has 1 aromatic carbocycles. The van der Waals surface area contributed by atoms with E-state index in [1.54, 1.807) is 6.26 Å². The van der Waals surface area contributed by atoms with Crippen molar-refractivity contribution in [3.05, 3.63) is 53.8 Å². The van der Waals surface area contributed by atoms with Crippen molar-refractivity contribution in [2.75, 3.05) is 5.32 Å². The minimum absolute atomic E-state index is 0.131. The molecule has 7 nitrogen and oxygen atoms in total. The highest BCUT2D eigenvalue weighted by Crippen LogP contribution is 2.29. The first-order valence-electron chi connectivity index (χ1n) is 8.95. The first-order valence-corrected chi connectivity index (χ1v) is 10.7. The molecule has 0 aliphatic heterocycles. The van der Waals surface area contributed by atoms with Gasteiger partial charge in [-0.3, -0.25) is 4.79 Å². The van der Waals surface area contributed by atoms with Gasteiger partial charge in [0.05, 0.1) is 22.8 Å². The summed E-state index contributed by atoms with van der Waals surface area (Å²) in [5, 5.41) is 14.2. The van der Waals surface area contributed by atoms with Crippen LogP contribution in [-0.4, -0.2) is 30.9 Å². The summed E-state index contributed by atoms with van der Waals surface area (Å²) in [4.78, 5) is 17.1. The van der Waals surface area contributed by atoms with Crippen LogP contribution in [0.25, 0.3) is 22.6 Å². The quantitative estimate of drug-likeness (QED) is 0.454. The van der Waals surface area contributed by atoms with Crippen LogP contribution in [0.4, 0.5) is 5.13 Å². The third-order valence-electron chi connectivity index (χ3n) is 4.39. The number of hydrogen-bond donors (Lipinski definition) is 1. The molecular weight excluding hydrogens is 406 g/mol. The minimum atomic E-state index is -0.361. The third kappa shape index (κ3) is 4.10. The van der Waals surface area contributed by atoms with E-state index in [1.165, 1.54) is 23.1 Å². The molecular formula is C20H19N5O2S2.